The summed E-state index contributed by atoms with van der Waals surface area (Å²) in [5, 5.41) is 3.41. The zero-order chi connectivity index (χ0) is 10.2. The smallest absolute Gasteiger partial charge is 0.0207 e. The first kappa shape index (κ1) is 11.7. The molecule has 2 heteroatoms. The number of benzene rings is 1. The van der Waals surface area contributed by atoms with Gasteiger partial charge in [0.1, 0.15) is 0 Å². The molecule has 1 nitrogen and oxygen atoms in total. The van der Waals surface area contributed by atoms with Crippen LogP contribution in [-0.4, -0.2) is 13.1 Å². The summed E-state index contributed by atoms with van der Waals surface area (Å²) >= 11 is 3.56. The number of halogens is 1. The molecule has 1 rings (SSSR count). The Morgan fingerprint density at radius 2 is 2.00 bits per heavy atom. The van der Waals surface area contributed by atoms with E-state index in [-0.39, 0.29) is 0 Å². The average molecular weight is 256 g/mol. The van der Waals surface area contributed by atoms with Crippen molar-refractivity contribution in [2.24, 2.45) is 0 Å². The normalized spacial score (nSPS) is 10.4. The van der Waals surface area contributed by atoms with Crippen molar-refractivity contribution in [3.8, 4) is 0 Å². The summed E-state index contributed by atoms with van der Waals surface area (Å²) in [5.41, 5.74) is 1.41. The molecule has 14 heavy (non-hydrogen) atoms. The predicted molar refractivity (Wildman–Crippen MR) is 65.6 cm³/mol. The van der Waals surface area contributed by atoms with E-state index in [4.69, 9.17) is 0 Å². The minimum Gasteiger partial charge on any atom is -0.317 e. The van der Waals surface area contributed by atoms with Crippen molar-refractivity contribution < 1.29 is 0 Å². The highest BCUT2D eigenvalue weighted by molar-refractivity contribution is 9.10. The maximum atomic E-state index is 3.56. The molecule has 0 heterocycles. The van der Waals surface area contributed by atoms with Crippen LogP contribution in [0.3, 0.4) is 0 Å². The molecule has 0 atom stereocenters. The molecule has 0 amide bonds. The lowest BCUT2D eigenvalue weighted by Crippen LogP contribution is -2.16. The lowest BCUT2D eigenvalue weighted by atomic mass is 10.1. The molecule has 0 saturated heterocycles. The SMILES string of the molecule is CCCNCCCc1ccccc1Br. The first-order chi connectivity index (χ1) is 6.84. The fourth-order valence-corrected chi connectivity index (χ4v) is 1.89. The van der Waals surface area contributed by atoms with Crippen LogP contribution in [0.5, 0.6) is 0 Å². The van der Waals surface area contributed by atoms with Crippen molar-refractivity contribution in [1.29, 1.82) is 0 Å². The van der Waals surface area contributed by atoms with Gasteiger partial charge in [-0.15, -0.1) is 0 Å². The van der Waals surface area contributed by atoms with Gasteiger partial charge in [0.05, 0.1) is 0 Å². The third-order valence-corrected chi connectivity index (χ3v) is 2.96. The zero-order valence-electron chi connectivity index (χ0n) is 8.72. The maximum Gasteiger partial charge on any atom is 0.0207 e. The fourth-order valence-electron chi connectivity index (χ4n) is 1.41. The van der Waals surface area contributed by atoms with Gasteiger partial charge in [-0.3, -0.25) is 0 Å². The van der Waals surface area contributed by atoms with Gasteiger partial charge in [0.15, 0.2) is 0 Å². The first-order valence-electron chi connectivity index (χ1n) is 5.28. The molecule has 0 aliphatic heterocycles. The summed E-state index contributed by atoms with van der Waals surface area (Å²) in [7, 11) is 0. The van der Waals surface area contributed by atoms with Crippen LogP contribution in [0.2, 0.25) is 0 Å². The minimum absolute atomic E-state index is 1.12. The van der Waals surface area contributed by atoms with Crippen molar-refractivity contribution in [2.45, 2.75) is 26.2 Å². The van der Waals surface area contributed by atoms with Gasteiger partial charge in [0, 0.05) is 4.47 Å². The number of rotatable bonds is 6. The molecule has 1 aromatic carbocycles. The van der Waals surface area contributed by atoms with E-state index in [1.807, 2.05) is 0 Å². The molecule has 0 radical (unpaired) electrons. The maximum absolute atomic E-state index is 3.56. The van der Waals surface area contributed by atoms with E-state index in [9.17, 15) is 0 Å². The van der Waals surface area contributed by atoms with Crippen LogP contribution in [0, 0.1) is 0 Å². The largest absolute Gasteiger partial charge is 0.317 e. The van der Waals surface area contributed by atoms with Gasteiger partial charge in [-0.1, -0.05) is 41.1 Å². The van der Waals surface area contributed by atoms with Gasteiger partial charge < -0.3 is 5.32 Å². The number of hydrogen-bond donors (Lipinski definition) is 1. The molecule has 0 bridgehead atoms. The summed E-state index contributed by atoms with van der Waals surface area (Å²) in [6.45, 7) is 4.45. The Morgan fingerprint density at radius 1 is 1.21 bits per heavy atom. The van der Waals surface area contributed by atoms with Crippen molar-refractivity contribution in [3.63, 3.8) is 0 Å². The second-order valence-electron chi connectivity index (χ2n) is 3.44. The van der Waals surface area contributed by atoms with Gasteiger partial charge >= 0.3 is 0 Å². The minimum atomic E-state index is 1.12. The summed E-state index contributed by atoms with van der Waals surface area (Å²) in [5.74, 6) is 0. The van der Waals surface area contributed by atoms with Gasteiger partial charge in [-0.25, -0.2) is 0 Å². The quantitative estimate of drug-likeness (QED) is 0.769. The summed E-state index contributed by atoms with van der Waals surface area (Å²) in [6, 6.07) is 8.45. The van der Waals surface area contributed by atoms with Crippen LogP contribution in [0.25, 0.3) is 0 Å². The van der Waals surface area contributed by atoms with Crippen LogP contribution < -0.4 is 5.32 Å². The van der Waals surface area contributed by atoms with E-state index in [1.165, 1.54) is 22.9 Å². The molecule has 0 fully saturated rings. The molecule has 0 aliphatic rings. The number of aryl methyl sites for hydroxylation is 1. The van der Waals surface area contributed by atoms with Gasteiger partial charge in [0.2, 0.25) is 0 Å². The van der Waals surface area contributed by atoms with E-state index in [1.54, 1.807) is 0 Å². The van der Waals surface area contributed by atoms with Crippen molar-refractivity contribution in [1.82, 2.24) is 5.32 Å². The molecule has 0 aromatic heterocycles. The molecule has 1 N–H and O–H groups in total. The van der Waals surface area contributed by atoms with E-state index in [0.29, 0.717) is 0 Å². The van der Waals surface area contributed by atoms with Crippen LogP contribution >= 0.6 is 15.9 Å². The Kier molecular flexibility index (Phi) is 5.88. The molecule has 0 unspecified atom stereocenters. The Balaban J connectivity index is 2.21. The highest BCUT2D eigenvalue weighted by atomic mass is 79.9. The van der Waals surface area contributed by atoms with Gasteiger partial charge in [0.25, 0.3) is 0 Å². The summed E-state index contributed by atoms with van der Waals surface area (Å²) in [6.07, 6.45) is 3.58. The average Bonchev–Trinajstić information content (AvgIpc) is 2.20. The second-order valence-corrected chi connectivity index (χ2v) is 4.30. The van der Waals surface area contributed by atoms with Gasteiger partial charge in [-0.05, 0) is 44.0 Å². The van der Waals surface area contributed by atoms with E-state index >= 15 is 0 Å². The van der Waals surface area contributed by atoms with Crippen molar-refractivity contribution >= 4 is 15.9 Å². The van der Waals surface area contributed by atoms with Crippen LogP contribution in [0.1, 0.15) is 25.3 Å². The van der Waals surface area contributed by atoms with E-state index in [2.05, 4.69) is 52.4 Å². The molecule has 0 spiro atoms. The Labute approximate surface area is 95.0 Å². The lowest BCUT2D eigenvalue weighted by molar-refractivity contribution is 0.639. The highest BCUT2D eigenvalue weighted by Gasteiger charge is 1.97. The molecule has 0 aliphatic carbocycles. The molecule has 78 valence electrons. The Morgan fingerprint density at radius 3 is 2.71 bits per heavy atom. The van der Waals surface area contributed by atoms with Crippen LogP contribution in [0.4, 0.5) is 0 Å². The molecule has 1 aromatic rings. The zero-order valence-corrected chi connectivity index (χ0v) is 10.3. The standard InChI is InChI=1S/C12H18BrN/c1-2-9-14-10-5-7-11-6-3-4-8-12(11)13/h3-4,6,8,14H,2,5,7,9-10H2,1H3. The number of hydrogen-bond acceptors (Lipinski definition) is 1. The first-order valence-corrected chi connectivity index (χ1v) is 6.08. The van der Waals surface area contributed by atoms with E-state index in [0.717, 1.165) is 19.5 Å². The summed E-state index contributed by atoms with van der Waals surface area (Å²) < 4.78 is 1.23. The van der Waals surface area contributed by atoms with Crippen LogP contribution in [0.15, 0.2) is 28.7 Å². The fraction of sp³-hybridized carbons (Fsp3) is 0.500. The van der Waals surface area contributed by atoms with Crippen molar-refractivity contribution in [2.75, 3.05) is 13.1 Å². The topological polar surface area (TPSA) is 12.0 Å². The third-order valence-electron chi connectivity index (χ3n) is 2.18. The number of nitrogens with one attached hydrogen (secondary N) is 1. The van der Waals surface area contributed by atoms with Crippen molar-refractivity contribution in [3.05, 3.63) is 34.3 Å². The Bertz CT molecular complexity index is 260. The highest BCUT2D eigenvalue weighted by Crippen LogP contribution is 2.16. The predicted octanol–water partition coefficient (Wildman–Crippen LogP) is 3.38. The molecular formula is C12H18BrN. The molecule has 0 saturated carbocycles. The van der Waals surface area contributed by atoms with E-state index < -0.39 is 0 Å². The lowest BCUT2D eigenvalue weighted by Gasteiger charge is -2.04. The molecular weight excluding hydrogens is 238 g/mol. The summed E-state index contributed by atoms with van der Waals surface area (Å²) in [4.78, 5) is 0. The third kappa shape index (κ3) is 4.25. The Hall–Kier alpha value is -0.340. The second kappa shape index (κ2) is 7.02. The monoisotopic (exact) mass is 255 g/mol. The van der Waals surface area contributed by atoms with Crippen LogP contribution in [-0.2, 0) is 6.42 Å². The van der Waals surface area contributed by atoms with Gasteiger partial charge in [-0.2, -0.15) is 0 Å².